The molecule has 0 radical (unpaired) electrons. The molecule has 1 aromatic rings. The van der Waals surface area contributed by atoms with Gasteiger partial charge in [-0.2, -0.15) is 4.39 Å². The number of nitro benzene ring substituents is 1. The minimum absolute atomic E-state index is 0.161. The topological polar surface area (TPSA) is 69.4 Å². The summed E-state index contributed by atoms with van der Waals surface area (Å²) in [4.78, 5) is 20.1. The van der Waals surface area contributed by atoms with Crippen molar-refractivity contribution in [2.45, 2.75) is 0 Å². The Morgan fingerprint density at radius 3 is 2.75 bits per heavy atom. The number of ether oxygens (including phenoxy) is 1. The molecule has 0 unspecified atom stereocenters. The molecule has 5 nitrogen and oxygen atoms in total. The average molecular weight is 223 g/mol. The van der Waals surface area contributed by atoms with Gasteiger partial charge in [-0.05, 0) is 12.1 Å². The van der Waals surface area contributed by atoms with Gasteiger partial charge in [0.2, 0.25) is 5.82 Å². The van der Waals surface area contributed by atoms with Crippen molar-refractivity contribution >= 4 is 11.7 Å². The molecule has 0 saturated carbocycles. The molecule has 0 fully saturated rings. The van der Waals surface area contributed by atoms with E-state index >= 15 is 0 Å². The van der Waals surface area contributed by atoms with E-state index in [4.69, 9.17) is 0 Å². The average Bonchev–Trinajstić information content (AvgIpc) is 2.25. The lowest BCUT2D eigenvalue weighted by molar-refractivity contribution is -0.387. The van der Waals surface area contributed by atoms with Crippen LogP contribution in [-0.4, -0.2) is 18.0 Å². The maximum Gasteiger partial charge on any atom is 0.384 e. The Labute approximate surface area is 90.0 Å². The summed E-state index contributed by atoms with van der Waals surface area (Å²) < 4.78 is 17.3. The van der Waals surface area contributed by atoms with Crippen molar-refractivity contribution in [3.8, 4) is 11.8 Å². The molecule has 0 saturated heterocycles. The number of esters is 1. The third-order valence-corrected chi connectivity index (χ3v) is 1.64. The number of benzene rings is 1. The quantitative estimate of drug-likeness (QED) is 0.311. The van der Waals surface area contributed by atoms with Crippen molar-refractivity contribution in [3.63, 3.8) is 0 Å². The fraction of sp³-hybridized carbons (Fsp3) is 0.100. The van der Waals surface area contributed by atoms with Crippen LogP contribution in [0.25, 0.3) is 0 Å². The second-order valence-electron chi connectivity index (χ2n) is 2.66. The van der Waals surface area contributed by atoms with Crippen LogP contribution in [0.3, 0.4) is 0 Å². The minimum atomic E-state index is -0.998. The Kier molecular flexibility index (Phi) is 3.56. The molecule has 82 valence electrons. The molecule has 0 aromatic heterocycles. The van der Waals surface area contributed by atoms with Gasteiger partial charge in [0.05, 0.1) is 12.0 Å². The number of hydrogen-bond donors (Lipinski definition) is 0. The number of carbonyl (C=O) groups excluding carboxylic acids is 1. The van der Waals surface area contributed by atoms with Gasteiger partial charge in [-0.25, -0.2) is 4.79 Å². The Balaban J connectivity index is 3.01. The van der Waals surface area contributed by atoms with Gasteiger partial charge < -0.3 is 4.74 Å². The Morgan fingerprint density at radius 1 is 1.56 bits per heavy atom. The highest BCUT2D eigenvalue weighted by molar-refractivity contribution is 5.89. The third-order valence-electron chi connectivity index (χ3n) is 1.64. The first-order valence-corrected chi connectivity index (χ1v) is 4.08. The van der Waals surface area contributed by atoms with Crippen LogP contribution in [0.5, 0.6) is 0 Å². The first-order chi connectivity index (χ1) is 7.54. The van der Waals surface area contributed by atoms with Crippen LogP contribution in [-0.2, 0) is 9.53 Å². The number of nitrogens with zero attached hydrogens (tertiary/aromatic N) is 1. The number of hydrogen-bond acceptors (Lipinski definition) is 4. The van der Waals surface area contributed by atoms with Crippen LogP contribution in [0.1, 0.15) is 5.56 Å². The van der Waals surface area contributed by atoms with Crippen LogP contribution in [0, 0.1) is 27.8 Å². The van der Waals surface area contributed by atoms with Gasteiger partial charge in [0, 0.05) is 17.6 Å². The van der Waals surface area contributed by atoms with Gasteiger partial charge >= 0.3 is 11.7 Å². The van der Waals surface area contributed by atoms with E-state index < -0.39 is 22.4 Å². The van der Waals surface area contributed by atoms with E-state index in [0.717, 1.165) is 19.2 Å². The smallest absolute Gasteiger partial charge is 0.384 e. The molecule has 16 heavy (non-hydrogen) atoms. The first kappa shape index (κ1) is 11.7. The zero-order chi connectivity index (χ0) is 12.1. The summed E-state index contributed by atoms with van der Waals surface area (Å²) in [7, 11) is 1.16. The SMILES string of the molecule is COC(=O)C#Cc1ccc([N+](=O)[O-])c(F)c1. The third kappa shape index (κ3) is 2.78. The molecule has 0 spiro atoms. The summed E-state index contributed by atoms with van der Waals surface area (Å²) in [5.41, 5.74) is -0.475. The minimum Gasteiger partial charge on any atom is -0.459 e. The zero-order valence-corrected chi connectivity index (χ0v) is 8.19. The van der Waals surface area contributed by atoms with Gasteiger partial charge in [-0.1, -0.05) is 5.92 Å². The van der Waals surface area contributed by atoms with Gasteiger partial charge in [0.15, 0.2) is 0 Å². The number of carbonyl (C=O) groups is 1. The standard InChI is InChI=1S/C10H6FNO4/c1-16-10(13)5-3-7-2-4-9(12(14)15)8(11)6-7/h2,4,6H,1H3. The maximum absolute atomic E-state index is 13.1. The summed E-state index contributed by atoms with van der Waals surface area (Å²) in [6.45, 7) is 0. The maximum atomic E-state index is 13.1. The molecule has 0 aliphatic heterocycles. The Bertz CT molecular complexity index is 501. The predicted octanol–water partition coefficient (Wildman–Crippen LogP) is 1.26. The lowest BCUT2D eigenvalue weighted by atomic mass is 10.2. The largest absolute Gasteiger partial charge is 0.459 e. The van der Waals surface area contributed by atoms with E-state index in [9.17, 15) is 19.3 Å². The monoisotopic (exact) mass is 223 g/mol. The van der Waals surface area contributed by atoms with E-state index in [2.05, 4.69) is 16.6 Å². The molecule has 1 aromatic carbocycles. The number of rotatable bonds is 1. The molecule has 0 bridgehead atoms. The molecular formula is C10H6FNO4. The van der Waals surface area contributed by atoms with Crippen molar-refractivity contribution in [1.82, 2.24) is 0 Å². The van der Waals surface area contributed by atoms with E-state index in [1.807, 2.05) is 0 Å². The second-order valence-corrected chi connectivity index (χ2v) is 2.66. The number of methoxy groups -OCH3 is 1. The first-order valence-electron chi connectivity index (χ1n) is 4.08. The van der Waals surface area contributed by atoms with Crippen LogP contribution in [0.15, 0.2) is 18.2 Å². The van der Waals surface area contributed by atoms with Crippen LogP contribution < -0.4 is 0 Å². The van der Waals surface area contributed by atoms with Gasteiger partial charge in [-0.15, -0.1) is 0 Å². The van der Waals surface area contributed by atoms with E-state index in [1.54, 1.807) is 0 Å². The molecule has 0 aliphatic rings. The Hall–Kier alpha value is -2.42. The fourth-order valence-electron chi connectivity index (χ4n) is 0.907. The van der Waals surface area contributed by atoms with Crippen LogP contribution >= 0.6 is 0 Å². The molecule has 0 amide bonds. The molecular weight excluding hydrogens is 217 g/mol. The molecule has 0 N–H and O–H groups in total. The number of halogens is 1. The lowest BCUT2D eigenvalue weighted by Crippen LogP contribution is -1.95. The molecule has 0 aliphatic carbocycles. The molecule has 0 heterocycles. The Morgan fingerprint density at radius 2 is 2.25 bits per heavy atom. The lowest BCUT2D eigenvalue weighted by Gasteiger charge is -1.94. The highest BCUT2D eigenvalue weighted by atomic mass is 19.1. The fourth-order valence-corrected chi connectivity index (χ4v) is 0.907. The van der Waals surface area contributed by atoms with Crippen molar-refractivity contribution in [1.29, 1.82) is 0 Å². The zero-order valence-electron chi connectivity index (χ0n) is 8.19. The second kappa shape index (κ2) is 4.89. The predicted molar refractivity (Wildman–Crippen MR) is 51.9 cm³/mol. The van der Waals surface area contributed by atoms with Gasteiger partial charge in [-0.3, -0.25) is 10.1 Å². The van der Waals surface area contributed by atoms with Crippen LogP contribution in [0.4, 0.5) is 10.1 Å². The summed E-state index contributed by atoms with van der Waals surface area (Å²) in [5.74, 6) is 2.63. The van der Waals surface area contributed by atoms with E-state index in [0.29, 0.717) is 0 Å². The summed E-state index contributed by atoms with van der Waals surface area (Å²) >= 11 is 0. The summed E-state index contributed by atoms with van der Waals surface area (Å²) in [6, 6.07) is 3.11. The highest BCUT2D eigenvalue weighted by Gasteiger charge is 2.12. The summed E-state index contributed by atoms with van der Waals surface area (Å²) in [6.07, 6.45) is 0. The normalized spacial score (nSPS) is 8.88. The number of nitro groups is 1. The van der Waals surface area contributed by atoms with Gasteiger partial charge in [0.25, 0.3) is 0 Å². The van der Waals surface area contributed by atoms with E-state index in [1.165, 1.54) is 6.07 Å². The highest BCUT2D eigenvalue weighted by Crippen LogP contribution is 2.17. The summed E-state index contributed by atoms with van der Waals surface area (Å²) in [5, 5.41) is 10.3. The van der Waals surface area contributed by atoms with Crippen molar-refractivity contribution in [3.05, 3.63) is 39.7 Å². The molecule has 6 heteroatoms. The van der Waals surface area contributed by atoms with E-state index in [-0.39, 0.29) is 5.56 Å². The molecule has 1 rings (SSSR count). The van der Waals surface area contributed by atoms with Crippen molar-refractivity contribution < 1.29 is 18.8 Å². The van der Waals surface area contributed by atoms with Gasteiger partial charge in [0.1, 0.15) is 0 Å². The van der Waals surface area contributed by atoms with Crippen molar-refractivity contribution in [2.75, 3.05) is 7.11 Å². The van der Waals surface area contributed by atoms with Crippen LogP contribution in [0.2, 0.25) is 0 Å². The van der Waals surface area contributed by atoms with Crippen molar-refractivity contribution in [2.24, 2.45) is 0 Å². The molecule has 0 atom stereocenters.